The lowest BCUT2D eigenvalue weighted by molar-refractivity contribution is -0.00455. The molecule has 138 valence electrons. The van der Waals surface area contributed by atoms with Crippen molar-refractivity contribution in [1.82, 2.24) is 9.97 Å². The monoisotopic (exact) mass is 392 g/mol. The second-order valence-electron chi connectivity index (χ2n) is 6.69. The zero-order chi connectivity index (χ0) is 18.6. The number of nitrogens with one attached hydrogen (secondary N) is 1. The van der Waals surface area contributed by atoms with Crippen LogP contribution in [-0.4, -0.2) is 26.5 Å². The number of hydrogen-bond donors (Lipinski definition) is 2. The third-order valence-corrected chi connectivity index (χ3v) is 5.99. The fraction of sp³-hybridized carbons (Fsp3) is 0.421. The number of H-pyrrole nitrogens is 1. The first-order valence-electron chi connectivity index (χ1n) is 8.74. The summed E-state index contributed by atoms with van der Waals surface area (Å²) in [6.45, 7) is 0. The molecule has 0 spiro atoms. The van der Waals surface area contributed by atoms with Gasteiger partial charge in [-0.2, -0.15) is 0 Å². The molecule has 26 heavy (non-hydrogen) atoms. The Morgan fingerprint density at radius 2 is 2.04 bits per heavy atom. The minimum Gasteiger partial charge on any atom is -0.390 e. The Morgan fingerprint density at radius 3 is 2.77 bits per heavy atom. The number of nitrogens with zero attached hydrogens (tertiary/aromatic N) is 1. The number of Topliss-reactive ketones (excluding diaryl/α,β-unsaturated/α-hetero) is 1. The van der Waals surface area contributed by atoms with Crippen LogP contribution in [0.3, 0.4) is 0 Å². The van der Waals surface area contributed by atoms with Gasteiger partial charge in [-0.15, -0.1) is 0 Å². The number of ketones is 1. The molecule has 0 atom stereocenters. The van der Waals surface area contributed by atoms with Gasteiger partial charge >= 0.3 is 5.69 Å². The van der Waals surface area contributed by atoms with Gasteiger partial charge in [0.2, 0.25) is 0 Å². The lowest BCUT2D eigenvalue weighted by Gasteiger charge is -2.31. The summed E-state index contributed by atoms with van der Waals surface area (Å²) in [5, 5.41) is 11.6. The maximum Gasteiger partial charge on any atom is 0.345 e. The number of benzene rings is 1. The zero-order valence-electron chi connectivity index (χ0n) is 14.3. The van der Waals surface area contributed by atoms with Crippen molar-refractivity contribution in [3.05, 3.63) is 51.5 Å². The molecule has 1 saturated carbocycles. The average molecular weight is 393 g/mol. The summed E-state index contributed by atoms with van der Waals surface area (Å²) in [6, 6.07) is 6.92. The van der Waals surface area contributed by atoms with Crippen LogP contribution in [0.15, 0.2) is 45.2 Å². The van der Waals surface area contributed by atoms with E-state index in [1.807, 2.05) is 0 Å². The van der Waals surface area contributed by atoms with Gasteiger partial charge in [-0.3, -0.25) is 4.79 Å². The van der Waals surface area contributed by atoms with Gasteiger partial charge in [-0.05, 0) is 43.5 Å². The van der Waals surface area contributed by atoms with Crippen LogP contribution < -0.4 is 5.69 Å². The normalized spacial score (nSPS) is 16.4. The van der Waals surface area contributed by atoms with E-state index in [2.05, 4.69) is 9.97 Å². The van der Waals surface area contributed by atoms with Crippen LogP contribution in [0.2, 0.25) is 5.02 Å². The summed E-state index contributed by atoms with van der Waals surface area (Å²) >= 11 is 7.55. The van der Waals surface area contributed by atoms with Crippen LogP contribution in [0.1, 0.15) is 55.3 Å². The van der Waals surface area contributed by atoms with Crippen molar-refractivity contribution in [2.24, 2.45) is 0 Å². The zero-order valence-corrected chi connectivity index (χ0v) is 15.9. The smallest absolute Gasteiger partial charge is 0.345 e. The molecule has 1 heterocycles. The Morgan fingerprint density at radius 1 is 1.27 bits per heavy atom. The van der Waals surface area contributed by atoms with E-state index < -0.39 is 11.3 Å². The predicted octanol–water partition coefficient (Wildman–Crippen LogP) is 4.23. The van der Waals surface area contributed by atoms with Crippen LogP contribution in [0.5, 0.6) is 0 Å². The molecule has 1 aliphatic carbocycles. The van der Waals surface area contributed by atoms with Crippen LogP contribution >= 0.6 is 23.4 Å². The molecule has 0 unspecified atom stereocenters. The molecule has 7 heteroatoms. The summed E-state index contributed by atoms with van der Waals surface area (Å²) in [7, 11) is 0. The molecular formula is C19H21ClN2O3S. The Bertz CT molecular complexity index is 847. The number of aliphatic hydroxyl groups is 1. The SMILES string of the molecule is O=C(CCC1(O)CCCCC1)c1cc(Sc2ccnc(=O)[nH]2)ccc1Cl. The molecule has 1 aromatic carbocycles. The Hall–Kier alpha value is -1.63. The third-order valence-electron chi connectivity index (χ3n) is 4.72. The Labute approximate surface area is 161 Å². The first kappa shape index (κ1) is 19.1. The first-order valence-corrected chi connectivity index (χ1v) is 9.93. The van der Waals surface area contributed by atoms with Crippen LogP contribution in [0.25, 0.3) is 0 Å². The Kier molecular flexibility index (Phi) is 6.16. The van der Waals surface area contributed by atoms with E-state index >= 15 is 0 Å². The number of aromatic amines is 1. The van der Waals surface area contributed by atoms with Crippen LogP contribution in [0.4, 0.5) is 0 Å². The molecule has 0 saturated heterocycles. The van der Waals surface area contributed by atoms with Crippen molar-refractivity contribution in [3.8, 4) is 0 Å². The van der Waals surface area contributed by atoms with Crippen LogP contribution in [-0.2, 0) is 0 Å². The number of carbonyl (C=O) groups is 1. The fourth-order valence-electron chi connectivity index (χ4n) is 3.26. The quantitative estimate of drug-likeness (QED) is 0.567. The topological polar surface area (TPSA) is 83.0 Å². The molecule has 2 aromatic rings. The van der Waals surface area contributed by atoms with E-state index in [0.717, 1.165) is 37.0 Å². The molecular weight excluding hydrogens is 372 g/mol. The summed E-state index contributed by atoms with van der Waals surface area (Å²) in [5.41, 5.74) is -0.683. The van der Waals surface area contributed by atoms with Crippen molar-refractivity contribution in [2.45, 2.75) is 60.5 Å². The molecule has 1 aromatic heterocycles. The van der Waals surface area contributed by atoms with Gasteiger partial charge < -0.3 is 10.1 Å². The third kappa shape index (κ3) is 4.96. The maximum absolute atomic E-state index is 12.6. The minimum atomic E-state index is -0.719. The number of halogens is 1. The lowest BCUT2D eigenvalue weighted by Crippen LogP contribution is -2.31. The van der Waals surface area contributed by atoms with E-state index in [-0.39, 0.29) is 12.2 Å². The van der Waals surface area contributed by atoms with Crippen molar-refractivity contribution in [1.29, 1.82) is 0 Å². The second kappa shape index (κ2) is 8.37. The molecule has 0 radical (unpaired) electrons. The van der Waals surface area contributed by atoms with Crippen molar-refractivity contribution in [3.63, 3.8) is 0 Å². The highest BCUT2D eigenvalue weighted by Crippen LogP contribution is 2.34. The number of carbonyl (C=O) groups excluding carboxylic acids is 1. The molecule has 2 N–H and O–H groups in total. The van der Waals surface area contributed by atoms with E-state index in [0.29, 0.717) is 22.0 Å². The number of hydrogen-bond acceptors (Lipinski definition) is 5. The van der Waals surface area contributed by atoms with Crippen molar-refractivity contribution >= 4 is 29.1 Å². The van der Waals surface area contributed by atoms with E-state index in [9.17, 15) is 14.7 Å². The molecule has 0 aliphatic heterocycles. The number of rotatable bonds is 6. The van der Waals surface area contributed by atoms with Crippen molar-refractivity contribution in [2.75, 3.05) is 0 Å². The largest absolute Gasteiger partial charge is 0.390 e. The van der Waals surface area contributed by atoms with E-state index in [4.69, 9.17) is 11.6 Å². The minimum absolute atomic E-state index is 0.0697. The van der Waals surface area contributed by atoms with Crippen LogP contribution in [0, 0.1) is 0 Å². The highest BCUT2D eigenvalue weighted by atomic mass is 35.5. The first-order chi connectivity index (χ1) is 12.5. The van der Waals surface area contributed by atoms with E-state index in [1.54, 1.807) is 24.3 Å². The predicted molar refractivity (Wildman–Crippen MR) is 102 cm³/mol. The van der Waals surface area contributed by atoms with Gasteiger partial charge in [-0.1, -0.05) is 42.6 Å². The molecule has 1 aliphatic rings. The van der Waals surface area contributed by atoms with Crippen molar-refractivity contribution < 1.29 is 9.90 Å². The molecule has 3 rings (SSSR count). The van der Waals surface area contributed by atoms with Gasteiger partial charge in [0.1, 0.15) is 0 Å². The van der Waals surface area contributed by atoms with Gasteiger partial charge in [0.25, 0.3) is 0 Å². The summed E-state index contributed by atoms with van der Waals surface area (Å²) < 4.78 is 0. The molecule has 1 fully saturated rings. The van der Waals surface area contributed by atoms with Gasteiger partial charge in [0, 0.05) is 23.1 Å². The lowest BCUT2D eigenvalue weighted by atomic mass is 9.81. The highest BCUT2D eigenvalue weighted by Gasteiger charge is 2.29. The molecule has 5 nitrogen and oxygen atoms in total. The molecule has 0 bridgehead atoms. The van der Waals surface area contributed by atoms with E-state index in [1.165, 1.54) is 18.0 Å². The summed E-state index contributed by atoms with van der Waals surface area (Å²) in [6.07, 6.45) is 6.89. The second-order valence-corrected chi connectivity index (χ2v) is 8.21. The van der Waals surface area contributed by atoms with Gasteiger partial charge in [-0.25, -0.2) is 9.78 Å². The number of aromatic nitrogens is 2. The highest BCUT2D eigenvalue weighted by molar-refractivity contribution is 7.99. The summed E-state index contributed by atoms with van der Waals surface area (Å²) in [5.74, 6) is -0.0697. The maximum atomic E-state index is 12.6. The summed E-state index contributed by atoms with van der Waals surface area (Å²) in [4.78, 5) is 31.0. The fourth-order valence-corrected chi connectivity index (χ4v) is 4.32. The average Bonchev–Trinajstić information content (AvgIpc) is 2.62. The van der Waals surface area contributed by atoms with Gasteiger partial charge in [0.15, 0.2) is 5.78 Å². The molecule has 0 amide bonds. The van der Waals surface area contributed by atoms with Gasteiger partial charge in [0.05, 0.1) is 15.6 Å². The Balaban J connectivity index is 1.70. The standard InChI is InChI=1S/C19H21ClN2O3S/c20-15-5-4-13(26-17-7-11-21-18(24)22-17)12-14(15)16(23)6-10-19(25)8-2-1-3-9-19/h4-5,7,11-12,25H,1-3,6,8-10H2,(H,21,22,24).